The minimum atomic E-state index is -3.27. The molecule has 0 atom stereocenters. The lowest BCUT2D eigenvalue weighted by atomic mass is 10.1. The van der Waals surface area contributed by atoms with E-state index in [0.717, 1.165) is 38.5 Å². The summed E-state index contributed by atoms with van der Waals surface area (Å²) in [5.74, 6) is 0.191. The molecule has 4 heteroatoms. The van der Waals surface area contributed by atoms with E-state index in [9.17, 15) is 8.42 Å². The van der Waals surface area contributed by atoms with Gasteiger partial charge in [-0.3, -0.25) is 4.18 Å². The molecule has 0 saturated heterocycles. The van der Waals surface area contributed by atoms with Crippen LogP contribution < -0.4 is 0 Å². The summed E-state index contributed by atoms with van der Waals surface area (Å²) in [5.41, 5.74) is 0. The van der Waals surface area contributed by atoms with Crippen LogP contribution in [0.3, 0.4) is 0 Å². The van der Waals surface area contributed by atoms with E-state index < -0.39 is 10.1 Å². The summed E-state index contributed by atoms with van der Waals surface area (Å²) in [6.45, 7) is 4.70. The summed E-state index contributed by atoms with van der Waals surface area (Å²) in [6.07, 6.45) is 16.5. The number of hydrogen-bond acceptors (Lipinski definition) is 3. The summed E-state index contributed by atoms with van der Waals surface area (Å²) < 4.78 is 28.3. The first kappa shape index (κ1) is 21.9. The molecule has 0 rings (SSSR count). The van der Waals surface area contributed by atoms with Crippen molar-refractivity contribution in [2.24, 2.45) is 0 Å². The van der Waals surface area contributed by atoms with E-state index in [0.29, 0.717) is 6.61 Å². The van der Waals surface area contributed by atoms with Crippen molar-refractivity contribution in [3.63, 3.8) is 0 Å². The van der Waals surface area contributed by atoms with Crippen LogP contribution in [0.2, 0.25) is 0 Å². The normalized spacial score (nSPS) is 11.9. The average Bonchev–Trinajstić information content (AvgIpc) is 2.49. The number of hydrogen-bond donors (Lipinski definition) is 0. The van der Waals surface area contributed by atoms with Gasteiger partial charge in [-0.05, 0) is 12.8 Å². The molecule has 0 fully saturated rings. The number of rotatable bonds is 17. The van der Waals surface area contributed by atoms with E-state index in [4.69, 9.17) is 4.18 Å². The molecule has 0 saturated carbocycles. The van der Waals surface area contributed by atoms with Crippen molar-refractivity contribution in [1.82, 2.24) is 0 Å². The molecule has 0 N–H and O–H groups in total. The molecule has 0 bridgehead atoms. The minimum absolute atomic E-state index is 0.191. The molecule has 0 heterocycles. The van der Waals surface area contributed by atoms with Crippen LogP contribution in [0.25, 0.3) is 0 Å². The van der Waals surface area contributed by atoms with Crippen molar-refractivity contribution in [2.75, 3.05) is 12.4 Å². The first-order chi connectivity index (χ1) is 10.6. The molecular weight excluding hydrogens is 296 g/mol. The minimum Gasteiger partial charge on any atom is -0.270 e. The van der Waals surface area contributed by atoms with Crippen LogP contribution in [-0.4, -0.2) is 20.8 Å². The molecule has 0 amide bonds. The van der Waals surface area contributed by atoms with Crippen molar-refractivity contribution >= 4 is 10.1 Å². The van der Waals surface area contributed by atoms with Crippen LogP contribution in [0.15, 0.2) is 0 Å². The molecule has 0 aromatic rings. The average molecular weight is 335 g/mol. The molecule has 0 aliphatic carbocycles. The highest BCUT2D eigenvalue weighted by Gasteiger charge is 2.10. The summed E-state index contributed by atoms with van der Waals surface area (Å²) in [4.78, 5) is 0. The Hall–Kier alpha value is -0.0900. The summed E-state index contributed by atoms with van der Waals surface area (Å²) in [5, 5.41) is 0. The molecule has 0 aromatic heterocycles. The smallest absolute Gasteiger partial charge is 0.267 e. The van der Waals surface area contributed by atoms with Gasteiger partial charge in [0.05, 0.1) is 12.4 Å². The Balaban J connectivity index is 3.30. The van der Waals surface area contributed by atoms with Crippen LogP contribution in [0, 0.1) is 0 Å². The summed E-state index contributed by atoms with van der Waals surface area (Å²) in [6, 6.07) is 0. The van der Waals surface area contributed by atoms with Gasteiger partial charge in [0, 0.05) is 0 Å². The van der Waals surface area contributed by atoms with Crippen LogP contribution >= 0.6 is 0 Å². The first-order valence-electron chi connectivity index (χ1n) is 9.49. The molecule has 134 valence electrons. The van der Waals surface area contributed by atoms with Crippen LogP contribution in [-0.2, 0) is 14.3 Å². The summed E-state index contributed by atoms with van der Waals surface area (Å²) in [7, 11) is -3.27. The molecule has 0 unspecified atom stereocenters. The largest absolute Gasteiger partial charge is 0.270 e. The Morgan fingerprint density at radius 2 is 1.00 bits per heavy atom. The maximum atomic E-state index is 11.6. The Labute approximate surface area is 139 Å². The van der Waals surface area contributed by atoms with Crippen molar-refractivity contribution in [1.29, 1.82) is 0 Å². The van der Waals surface area contributed by atoms with E-state index in [-0.39, 0.29) is 5.75 Å². The van der Waals surface area contributed by atoms with E-state index in [1.165, 1.54) is 51.4 Å². The third-order valence-electron chi connectivity index (χ3n) is 4.01. The molecule has 3 nitrogen and oxygen atoms in total. The molecule has 0 aliphatic heterocycles. The van der Waals surface area contributed by atoms with Gasteiger partial charge in [0.25, 0.3) is 10.1 Å². The van der Waals surface area contributed by atoms with E-state index >= 15 is 0 Å². The van der Waals surface area contributed by atoms with Crippen LogP contribution in [0.4, 0.5) is 0 Å². The molecule has 0 spiro atoms. The Morgan fingerprint density at radius 1 is 0.591 bits per heavy atom. The molecule has 0 radical (unpaired) electrons. The fourth-order valence-corrected chi connectivity index (χ4v) is 3.59. The third kappa shape index (κ3) is 16.3. The van der Waals surface area contributed by atoms with Crippen molar-refractivity contribution in [3.8, 4) is 0 Å². The third-order valence-corrected chi connectivity index (χ3v) is 5.32. The number of unbranched alkanes of at least 4 members (excludes halogenated alkanes) is 12. The SMILES string of the molecule is CCCCCCCCCCCCCS(=O)(=O)OCCCCC. The topological polar surface area (TPSA) is 43.4 Å². The van der Waals surface area contributed by atoms with Crippen molar-refractivity contribution in [3.05, 3.63) is 0 Å². The van der Waals surface area contributed by atoms with Gasteiger partial charge in [-0.25, -0.2) is 0 Å². The standard InChI is InChI=1S/C18H38O3S/c1-3-5-7-8-9-10-11-12-13-14-16-18-22(19,20)21-17-15-6-4-2/h3-18H2,1-2H3. The fraction of sp³-hybridized carbons (Fsp3) is 1.00. The van der Waals surface area contributed by atoms with E-state index in [1.807, 2.05) is 0 Å². The second-order valence-electron chi connectivity index (χ2n) is 6.33. The highest BCUT2D eigenvalue weighted by Crippen LogP contribution is 2.12. The van der Waals surface area contributed by atoms with Gasteiger partial charge in [0.15, 0.2) is 0 Å². The second kappa shape index (κ2) is 15.8. The first-order valence-corrected chi connectivity index (χ1v) is 11.1. The molecular formula is C18H38O3S. The lowest BCUT2D eigenvalue weighted by Gasteiger charge is -2.05. The maximum Gasteiger partial charge on any atom is 0.267 e. The highest BCUT2D eigenvalue weighted by atomic mass is 32.2. The Kier molecular flexibility index (Phi) is 15.7. The maximum absolute atomic E-state index is 11.6. The van der Waals surface area contributed by atoms with E-state index in [1.54, 1.807) is 0 Å². The van der Waals surface area contributed by atoms with Gasteiger partial charge < -0.3 is 0 Å². The van der Waals surface area contributed by atoms with E-state index in [2.05, 4.69) is 13.8 Å². The predicted molar refractivity (Wildman–Crippen MR) is 95.7 cm³/mol. The van der Waals surface area contributed by atoms with Crippen molar-refractivity contribution in [2.45, 2.75) is 104 Å². The molecule has 0 aromatic carbocycles. The zero-order valence-corrected chi connectivity index (χ0v) is 15.8. The lowest BCUT2D eigenvalue weighted by Crippen LogP contribution is -2.11. The Bertz CT molecular complexity index is 312. The van der Waals surface area contributed by atoms with Crippen molar-refractivity contribution < 1.29 is 12.6 Å². The monoisotopic (exact) mass is 334 g/mol. The van der Waals surface area contributed by atoms with Gasteiger partial charge in [-0.2, -0.15) is 8.42 Å². The van der Waals surface area contributed by atoms with Gasteiger partial charge >= 0.3 is 0 Å². The zero-order valence-electron chi connectivity index (χ0n) is 14.9. The highest BCUT2D eigenvalue weighted by molar-refractivity contribution is 7.86. The second-order valence-corrected chi connectivity index (χ2v) is 8.09. The van der Waals surface area contributed by atoms with Crippen LogP contribution in [0.5, 0.6) is 0 Å². The zero-order chi connectivity index (χ0) is 16.5. The van der Waals surface area contributed by atoms with Gasteiger partial charge in [-0.15, -0.1) is 0 Å². The van der Waals surface area contributed by atoms with Gasteiger partial charge in [0.1, 0.15) is 0 Å². The van der Waals surface area contributed by atoms with Crippen LogP contribution in [0.1, 0.15) is 104 Å². The molecule has 22 heavy (non-hydrogen) atoms. The fourth-order valence-electron chi connectivity index (χ4n) is 2.54. The Morgan fingerprint density at radius 3 is 1.50 bits per heavy atom. The van der Waals surface area contributed by atoms with Gasteiger partial charge in [0.2, 0.25) is 0 Å². The predicted octanol–water partition coefficient (Wildman–Crippen LogP) is 5.83. The summed E-state index contributed by atoms with van der Waals surface area (Å²) >= 11 is 0. The lowest BCUT2D eigenvalue weighted by molar-refractivity contribution is 0.307. The van der Waals surface area contributed by atoms with Gasteiger partial charge in [-0.1, -0.05) is 90.9 Å². The quantitative estimate of drug-likeness (QED) is 0.248. The molecule has 0 aliphatic rings.